The highest BCUT2D eigenvalue weighted by Crippen LogP contribution is 2.32. The van der Waals surface area contributed by atoms with E-state index in [-0.39, 0.29) is 18.1 Å². The lowest BCUT2D eigenvalue weighted by atomic mass is 9.98. The lowest BCUT2D eigenvalue weighted by Gasteiger charge is -2.35. The first kappa shape index (κ1) is 18.2. The fraction of sp³-hybridized carbons (Fsp3) is 0.632. The molecule has 0 spiro atoms. The van der Waals surface area contributed by atoms with Crippen molar-refractivity contribution in [1.82, 2.24) is 10.2 Å². The zero-order valence-electron chi connectivity index (χ0n) is 15.1. The van der Waals surface area contributed by atoms with E-state index in [0.717, 1.165) is 38.1 Å². The molecular formula is C19H28N2O4. The van der Waals surface area contributed by atoms with Gasteiger partial charge in [0.25, 0.3) is 0 Å². The van der Waals surface area contributed by atoms with Crippen molar-refractivity contribution < 1.29 is 19.0 Å². The van der Waals surface area contributed by atoms with Gasteiger partial charge in [0.05, 0.1) is 19.8 Å². The fourth-order valence-electron chi connectivity index (χ4n) is 3.80. The van der Waals surface area contributed by atoms with E-state index < -0.39 is 0 Å². The van der Waals surface area contributed by atoms with Crippen molar-refractivity contribution in [3.8, 4) is 5.75 Å². The van der Waals surface area contributed by atoms with Crippen LogP contribution in [0.1, 0.15) is 24.8 Å². The molecule has 1 amide bonds. The molecule has 2 saturated heterocycles. The summed E-state index contributed by atoms with van der Waals surface area (Å²) in [6.07, 6.45) is 2.58. The Kier molecular flexibility index (Phi) is 6.29. The first-order valence-electron chi connectivity index (χ1n) is 9.00. The maximum atomic E-state index is 12.2. The summed E-state index contributed by atoms with van der Waals surface area (Å²) in [7, 11) is 3.32. The second-order valence-electron chi connectivity index (χ2n) is 6.70. The number of methoxy groups -OCH3 is 2. The molecule has 2 aliphatic rings. The maximum absolute atomic E-state index is 12.2. The summed E-state index contributed by atoms with van der Waals surface area (Å²) < 4.78 is 16.4. The standard InChI is InChI=1S/C19H28N2O4/c1-23-11-9-20-19(22)18-7-6-16-17(25-18)8-10-21(16)13-14-4-3-5-15(12-14)24-2/h3-5,12,16-18H,6-11,13H2,1-2H3,(H,20,22)/t16-,17-,18+/m1/s1. The van der Waals surface area contributed by atoms with Gasteiger partial charge in [0.15, 0.2) is 0 Å². The summed E-state index contributed by atoms with van der Waals surface area (Å²) in [4.78, 5) is 14.7. The van der Waals surface area contributed by atoms with Crippen molar-refractivity contribution >= 4 is 5.91 Å². The third-order valence-corrected chi connectivity index (χ3v) is 5.08. The van der Waals surface area contributed by atoms with E-state index in [1.807, 2.05) is 12.1 Å². The molecule has 25 heavy (non-hydrogen) atoms. The normalized spacial score (nSPS) is 26.2. The van der Waals surface area contributed by atoms with E-state index in [9.17, 15) is 4.79 Å². The van der Waals surface area contributed by atoms with Crippen molar-refractivity contribution in [3.05, 3.63) is 29.8 Å². The lowest BCUT2D eigenvalue weighted by molar-refractivity contribution is -0.144. The van der Waals surface area contributed by atoms with Crippen molar-refractivity contribution in [2.45, 2.75) is 44.1 Å². The second-order valence-corrected chi connectivity index (χ2v) is 6.70. The Balaban J connectivity index is 1.53. The highest BCUT2D eigenvalue weighted by atomic mass is 16.5. The minimum atomic E-state index is -0.324. The van der Waals surface area contributed by atoms with E-state index in [2.05, 4.69) is 22.3 Å². The van der Waals surface area contributed by atoms with Crippen molar-refractivity contribution in [3.63, 3.8) is 0 Å². The average molecular weight is 348 g/mol. The number of fused-ring (bicyclic) bond motifs is 1. The zero-order chi connectivity index (χ0) is 17.6. The van der Waals surface area contributed by atoms with Crippen LogP contribution in [-0.2, 0) is 20.8 Å². The molecule has 138 valence electrons. The number of carbonyl (C=O) groups excluding carboxylic acids is 1. The van der Waals surface area contributed by atoms with Crippen LogP contribution >= 0.6 is 0 Å². The fourth-order valence-corrected chi connectivity index (χ4v) is 3.80. The molecule has 3 rings (SSSR count). The van der Waals surface area contributed by atoms with Gasteiger partial charge >= 0.3 is 0 Å². The van der Waals surface area contributed by atoms with Crippen LogP contribution in [0.5, 0.6) is 5.75 Å². The van der Waals surface area contributed by atoms with Gasteiger partial charge in [-0.05, 0) is 37.0 Å². The Bertz CT molecular complexity index is 580. The van der Waals surface area contributed by atoms with E-state index >= 15 is 0 Å². The molecule has 0 radical (unpaired) electrons. The number of hydrogen-bond acceptors (Lipinski definition) is 5. The predicted octanol–water partition coefficient (Wildman–Crippen LogP) is 1.58. The molecule has 0 saturated carbocycles. The zero-order valence-corrected chi connectivity index (χ0v) is 15.1. The van der Waals surface area contributed by atoms with Gasteiger partial charge in [-0.2, -0.15) is 0 Å². The number of hydrogen-bond donors (Lipinski definition) is 1. The number of nitrogens with zero attached hydrogens (tertiary/aromatic N) is 1. The Morgan fingerprint density at radius 2 is 2.20 bits per heavy atom. The van der Waals surface area contributed by atoms with Gasteiger partial charge in [-0.25, -0.2) is 0 Å². The lowest BCUT2D eigenvalue weighted by Crippen LogP contribution is -2.48. The molecule has 3 atom stereocenters. The number of ether oxygens (including phenoxy) is 3. The molecule has 2 aliphatic heterocycles. The Morgan fingerprint density at radius 1 is 1.32 bits per heavy atom. The SMILES string of the molecule is COCCNC(=O)[C@@H]1CC[C@@H]2[C@@H](CCN2Cc2cccc(OC)c2)O1. The van der Waals surface area contributed by atoms with Crippen LogP contribution in [0.25, 0.3) is 0 Å². The average Bonchev–Trinajstić information content (AvgIpc) is 3.04. The third kappa shape index (κ3) is 4.51. The van der Waals surface area contributed by atoms with Crippen LogP contribution < -0.4 is 10.1 Å². The van der Waals surface area contributed by atoms with E-state index in [4.69, 9.17) is 14.2 Å². The summed E-state index contributed by atoms with van der Waals surface area (Å²) in [6.45, 7) is 2.96. The van der Waals surface area contributed by atoms with Crippen LogP contribution in [-0.4, -0.2) is 63.0 Å². The smallest absolute Gasteiger partial charge is 0.249 e. The Hall–Kier alpha value is -1.63. The first-order chi connectivity index (χ1) is 12.2. The monoisotopic (exact) mass is 348 g/mol. The van der Waals surface area contributed by atoms with Gasteiger partial charge in [0, 0.05) is 32.8 Å². The van der Waals surface area contributed by atoms with E-state index in [1.165, 1.54) is 5.56 Å². The maximum Gasteiger partial charge on any atom is 0.249 e. The van der Waals surface area contributed by atoms with Gasteiger partial charge in [-0.3, -0.25) is 9.69 Å². The Morgan fingerprint density at radius 3 is 3.00 bits per heavy atom. The van der Waals surface area contributed by atoms with Crippen LogP contribution in [0.3, 0.4) is 0 Å². The van der Waals surface area contributed by atoms with Crippen LogP contribution in [0.2, 0.25) is 0 Å². The number of likely N-dealkylation sites (tertiary alicyclic amines) is 1. The summed E-state index contributed by atoms with van der Waals surface area (Å²) >= 11 is 0. The number of amides is 1. The molecule has 0 aliphatic carbocycles. The highest BCUT2D eigenvalue weighted by molar-refractivity contribution is 5.80. The predicted molar refractivity (Wildman–Crippen MR) is 94.6 cm³/mol. The van der Waals surface area contributed by atoms with Crippen molar-refractivity contribution in [2.24, 2.45) is 0 Å². The largest absolute Gasteiger partial charge is 0.497 e. The van der Waals surface area contributed by atoms with Crippen LogP contribution in [0.4, 0.5) is 0 Å². The minimum Gasteiger partial charge on any atom is -0.497 e. The Labute approximate surface area is 149 Å². The molecule has 1 N–H and O–H groups in total. The van der Waals surface area contributed by atoms with Crippen LogP contribution in [0, 0.1) is 0 Å². The molecule has 6 nitrogen and oxygen atoms in total. The quantitative estimate of drug-likeness (QED) is 0.758. The van der Waals surface area contributed by atoms with Gasteiger partial charge in [-0.1, -0.05) is 12.1 Å². The molecular weight excluding hydrogens is 320 g/mol. The van der Waals surface area contributed by atoms with E-state index in [1.54, 1.807) is 14.2 Å². The summed E-state index contributed by atoms with van der Waals surface area (Å²) in [6, 6.07) is 8.61. The second kappa shape index (κ2) is 8.65. The van der Waals surface area contributed by atoms with Gasteiger partial charge in [0.2, 0.25) is 5.91 Å². The van der Waals surface area contributed by atoms with Gasteiger partial charge in [-0.15, -0.1) is 0 Å². The van der Waals surface area contributed by atoms with Gasteiger partial charge in [0.1, 0.15) is 11.9 Å². The molecule has 0 aromatic heterocycles. The topological polar surface area (TPSA) is 60.0 Å². The number of nitrogens with one attached hydrogen (secondary N) is 1. The molecule has 0 bridgehead atoms. The molecule has 1 aromatic carbocycles. The molecule has 6 heteroatoms. The summed E-state index contributed by atoms with van der Waals surface area (Å²) in [5, 5.41) is 2.88. The van der Waals surface area contributed by atoms with Gasteiger partial charge < -0.3 is 19.5 Å². The number of benzene rings is 1. The molecule has 0 unspecified atom stereocenters. The van der Waals surface area contributed by atoms with Crippen molar-refractivity contribution in [2.75, 3.05) is 33.9 Å². The minimum absolute atomic E-state index is 0.0123. The molecule has 2 heterocycles. The third-order valence-electron chi connectivity index (χ3n) is 5.08. The summed E-state index contributed by atoms with van der Waals surface area (Å²) in [5.41, 5.74) is 1.25. The molecule has 2 fully saturated rings. The molecule has 1 aromatic rings. The first-order valence-corrected chi connectivity index (χ1v) is 9.00. The van der Waals surface area contributed by atoms with E-state index in [0.29, 0.717) is 19.2 Å². The number of carbonyl (C=O) groups is 1. The van der Waals surface area contributed by atoms with Crippen LogP contribution in [0.15, 0.2) is 24.3 Å². The van der Waals surface area contributed by atoms with Crippen molar-refractivity contribution in [1.29, 1.82) is 0 Å². The highest BCUT2D eigenvalue weighted by Gasteiger charge is 2.41. The summed E-state index contributed by atoms with van der Waals surface area (Å²) in [5.74, 6) is 0.877. The number of rotatable bonds is 7.